The van der Waals surface area contributed by atoms with Gasteiger partial charge >= 0.3 is 0 Å². The second-order valence-corrected chi connectivity index (χ2v) is 7.02. The Morgan fingerprint density at radius 3 is 2.67 bits per heavy atom. The number of fused-ring (bicyclic) bond motifs is 1. The molecule has 1 amide bonds. The molecule has 21 heavy (non-hydrogen) atoms. The maximum Gasteiger partial charge on any atom is 0.266 e. The van der Waals surface area contributed by atoms with Crippen LogP contribution in [0, 0.1) is 6.92 Å². The van der Waals surface area contributed by atoms with Crippen molar-refractivity contribution in [3.05, 3.63) is 28.6 Å². The summed E-state index contributed by atoms with van der Waals surface area (Å²) >= 11 is 1.53. The van der Waals surface area contributed by atoms with E-state index in [1.54, 1.807) is 0 Å². The smallest absolute Gasteiger partial charge is 0.266 e. The monoisotopic (exact) mass is 302 g/mol. The summed E-state index contributed by atoms with van der Waals surface area (Å²) in [6.07, 6.45) is 5.98. The van der Waals surface area contributed by atoms with E-state index < -0.39 is 0 Å². The van der Waals surface area contributed by atoms with E-state index in [2.05, 4.69) is 13.0 Å². The van der Waals surface area contributed by atoms with Crippen LogP contribution in [0.3, 0.4) is 0 Å². The van der Waals surface area contributed by atoms with Crippen LogP contribution in [0.2, 0.25) is 0 Å². The molecule has 0 bridgehead atoms. The van der Waals surface area contributed by atoms with Crippen LogP contribution in [0.15, 0.2) is 18.2 Å². The van der Waals surface area contributed by atoms with E-state index in [1.807, 2.05) is 24.1 Å². The largest absolute Gasteiger partial charge is 0.397 e. The fourth-order valence-electron chi connectivity index (χ4n) is 3.23. The van der Waals surface area contributed by atoms with Crippen molar-refractivity contribution in [2.24, 2.45) is 0 Å². The summed E-state index contributed by atoms with van der Waals surface area (Å²) in [6, 6.07) is 6.44. The molecule has 0 unspecified atom stereocenters. The van der Waals surface area contributed by atoms with Crippen LogP contribution in [0.25, 0.3) is 10.1 Å². The Bertz CT molecular complexity index is 671. The minimum Gasteiger partial charge on any atom is -0.397 e. The lowest BCUT2D eigenvalue weighted by atomic mass is 9.94. The highest BCUT2D eigenvalue weighted by Gasteiger charge is 2.26. The fraction of sp³-hybridized carbons (Fsp3) is 0.471. The Labute approximate surface area is 129 Å². The van der Waals surface area contributed by atoms with Crippen molar-refractivity contribution >= 4 is 33.0 Å². The summed E-state index contributed by atoms with van der Waals surface area (Å²) in [6.45, 7) is 2.07. The van der Waals surface area contributed by atoms with Crippen LogP contribution in [0.4, 0.5) is 5.69 Å². The van der Waals surface area contributed by atoms with Crippen molar-refractivity contribution in [1.29, 1.82) is 0 Å². The third-order valence-corrected chi connectivity index (χ3v) is 5.93. The molecule has 0 aliphatic heterocycles. The number of nitrogen functional groups attached to an aromatic ring is 1. The van der Waals surface area contributed by atoms with Gasteiger partial charge in [-0.1, -0.05) is 37.5 Å². The molecule has 1 heterocycles. The maximum atomic E-state index is 12.8. The Hall–Kier alpha value is -1.55. The van der Waals surface area contributed by atoms with E-state index in [0.29, 0.717) is 16.6 Å². The molecular weight excluding hydrogens is 280 g/mol. The number of hydrogen-bond acceptors (Lipinski definition) is 3. The number of thiophene rings is 1. The van der Waals surface area contributed by atoms with Crippen molar-refractivity contribution in [1.82, 2.24) is 4.90 Å². The van der Waals surface area contributed by atoms with Crippen LogP contribution < -0.4 is 5.73 Å². The van der Waals surface area contributed by atoms with E-state index in [9.17, 15) is 4.79 Å². The predicted octanol–water partition coefficient (Wildman–Crippen LogP) is 4.20. The lowest BCUT2D eigenvalue weighted by Gasteiger charge is -2.31. The fourth-order valence-corrected chi connectivity index (χ4v) is 4.40. The zero-order valence-electron chi connectivity index (χ0n) is 12.7. The molecule has 1 aliphatic carbocycles. The van der Waals surface area contributed by atoms with Gasteiger partial charge in [0.05, 0.1) is 5.69 Å². The Morgan fingerprint density at radius 2 is 2.00 bits per heavy atom. The summed E-state index contributed by atoms with van der Waals surface area (Å²) < 4.78 is 1.13. The molecule has 0 atom stereocenters. The molecule has 2 aromatic rings. The normalized spacial score (nSPS) is 16.3. The summed E-state index contributed by atoms with van der Waals surface area (Å²) in [5.41, 5.74) is 8.07. The lowest BCUT2D eigenvalue weighted by Crippen LogP contribution is -2.38. The van der Waals surface area contributed by atoms with Crippen molar-refractivity contribution in [2.45, 2.75) is 45.1 Å². The zero-order valence-corrected chi connectivity index (χ0v) is 13.5. The molecule has 1 aromatic heterocycles. The quantitative estimate of drug-likeness (QED) is 0.904. The Morgan fingerprint density at radius 1 is 1.29 bits per heavy atom. The van der Waals surface area contributed by atoms with Gasteiger partial charge < -0.3 is 10.6 Å². The van der Waals surface area contributed by atoms with E-state index in [1.165, 1.54) is 36.2 Å². The molecule has 3 rings (SSSR count). The average Bonchev–Trinajstić information content (AvgIpc) is 2.85. The van der Waals surface area contributed by atoms with E-state index in [0.717, 1.165) is 22.9 Å². The predicted molar refractivity (Wildman–Crippen MR) is 89.9 cm³/mol. The molecule has 0 radical (unpaired) electrons. The second kappa shape index (κ2) is 5.68. The van der Waals surface area contributed by atoms with Crippen LogP contribution in [-0.4, -0.2) is 23.9 Å². The van der Waals surface area contributed by atoms with Crippen LogP contribution in [-0.2, 0) is 0 Å². The number of rotatable bonds is 2. The third kappa shape index (κ3) is 2.53. The van der Waals surface area contributed by atoms with Crippen LogP contribution >= 0.6 is 11.3 Å². The van der Waals surface area contributed by atoms with Crippen molar-refractivity contribution < 1.29 is 4.79 Å². The van der Waals surface area contributed by atoms with Crippen LogP contribution in [0.5, 0.6) is 0 Å². The summed E-state index contributed by atoms with van der Waals surface area (Å²) in [5.74, 6) is 0.0833. The van der Waals surface area contributed by atoms with E-state index in [4.69, 9.17) is 5.73 Å². The highest BCUT2D eigenvalue weighted by atomic mass is 32.1. The molecule has 1 fully saturated rings. The number of nitrogens with zero attached hydrogens (tertiary/aromatic N) is 1. The van der Waals surface area contributed by atoms with Gasteiger partial charge in [0.1, 0.15) is 4.88 Å². The highest BCUT2D eigenvalue weighted by molar-refractivity contribution is 7.21. The molecule has 2 N–H and O–H groups in total. The molecule has 0 saturated heterocycles. The van der Waals surface area contributed by atoms with Crippen LogP contribution in [0.1, 0.15) is 47.3 Å². The topological polar surface area (TPSA) is 46.3 Å². The second-order valence-electron chi connectivity index (χ2n) is 6.00. The minimum absolute atomic E-state index is 0.0833. The van der Waals surface area contributed by atoms with E-state index >= 15 is 0 Å². The van der Waals surface area contributed by atoms with E-state index in [-0.39, 0.29) is 5.91 Å². The first-order valence-corrected chi connectivity index (χ1v) is 8.46. The lowest BCUT2D eigenvalue weighted by molar-refractivity contribution is 0.0702. The van der Waals surface area contributed by atoms with Gasteiger partial charge in [0, 0.05) is 23.2 Å². The molecule has 1 saturated carbocycles. The molecule has 112 valence electrons. The number of carbonyl (C=O) groups excluding carboxylic acids is 1. The van der Waals surface area contributed by atoms with Crippen molar-refractivity contribution in [2.75, 3.05) is 12.8 Å². The van der Waals surface area contributed by atoms with Crippen molar-refractivity contribution in [3.8, 4) is 0 Å². The standard InChI is InChI=1S/C17H22N2OS/c1-11-7-6-10-13-14(18)16(21-15(11)13)17(20)19(2)12-8-4-3-5-9-12/h6-7,10,12H,3-5,8-9,18H2,1-2H3. The first-order valence-electron chi connectivity index (χ1n) is 7.64. The van der Waals surface area contributed by atoms with Gasteiger partial charge in [-0.15, -0.1) is 11.3 Å². The van der Waals surface area contributed by atoms with Gasteiger partial charge in [-0.25, -0.2) is 0 Å². The van der Waals surface area contributed by atoms with Gasteiger partial charge in [-0.3, -0.25) is 4.79 Å². The van der Waals surface area contributed by atoms with Gasteiger partial charge in [0.2, 0.25) is 0 Å². The molecule has 1 aliphatic rings. The molecule has 0 spiro atoms. The average molecular weight is 302 g/mol. The number of nitrogens with two attached hydrogens (primary N) is 1. The molecule has 4 heteroatoms. The van der Waals surface area contributed by atoms with Gasteiger partial charge in [0.15, 0.2) is 0 Å². The van der Waals surface area contributed by atoms with Gasteiger partial charge in [-0.2, -0.15) is 0 Å². The van der Waals surface area contributed by atoms with Gasteiger partial charge in [0.25, 0.3) is 5.91 Å². The molecular formula is C17H22N2OS. The number of amides is 1. The van der Waals surface area contributed by atoms with Gasteiger partial charge in [-0.05, 0) is 25.3 Å². The Balaban J connectivity index is 1.94. The Kier molecular flexibility index (Phi) is 3.89. The minimum atomic E-state index is 0.0833. The zero-order chi connectivity index (χ0) is 15.0. The highest BCUT2D eigenvalue weighted by Crippen LogP contribution is 2.37. The molecule has 3 nitrogen and oxygen atoms in total. The summed E-state index contributed by atoms with van der Waals surface area (Å²) in [5, 5.41) is 1.01. The third-order valence-electron chi connectivity index (χ3n) is 4.59. The number of carbonyl (C=O) groups is 1. The van der Waals surface area contributed by atoms with Crippen molar-refractivity contribution in [3.63, 3.8) is 0 Å². The summed E-state index contributed by atoms with van der Waals surface area (Å²) in [4.78, 5) is 15.4. The number of anilines is 1. The first-order chi connectivity index (χ1) is 10.1. The SMILES string of the molecule is Cc1cccc2c(N)c(C(=O)N(C)C3CCCCC3)sc12. The maximum absolute atomic E-state index is 12.8. The summed E-state index contributed by atoms with van der Waals surface area (Å²) in [7, 11) is 1.93. The number of aryl methyl sites for hydroxylation is 1. The number of hydrogen-bond donors (Lipinski definition) is 1. The number of benzene rings is 1. The molecule has 1 aromatic carbocycles. The first kappa shape index (κ1) is 14.4.